The highest BCUT2D eigenvalue weighted by molar-refractivity contribution is 9.09. The second kappa shape index (κ2) is 5.99. The average Bonchev–Trinajstić information content (AvgIpc) is 2.31. The van der Waals surface area contributed by atoms with E-state index in [9.17, 15) is 16.8 Å². The lowest BCUT2D eigenvalue weighted by Gasteiger charge is -2.30. The molecule has 1 saturated carbocycles. The number of sulfonamides is 1. The third-order valence-electron chi connectivity index (χ3n) is 3.94. The first-order chi connectivity index (χ1) is 8.80. The van der Waals surface area contributed by atoms with Crippen molar-refractivity contribution in [3.8, 4) is 0 Å². The highest BCUT2D eigenvalue weighted by atomic mass is 79.9. The number of hydrogen-bond acceptors (Lipinski definition) is 4. The van der Waals surface area contributed by atoms with E-state index >= 15 is 0 Å². The van der Waals surface area contributed by atoms with Gasteiger partial charge in [-0.05, 0) is 25.7 Å². The van der Waals surface area contributed by atoms with Crippen molar-refractivity contribution in [2.24, 2.45) is 0 Å². The maximum absolute atomic E-state index is 12.3. The lowest BCUT2D eigenvalue weighted by molar-refractivity contribution is 0.423. The summed E-state index contributed by atoms with van der Waals surface area (Å²) in [5.74, 6) is -0.0258. The van der Waals surface area contributed by atoms with Crippen molar-refractivity contribution in [1.29, 1.82) is 0 Å². The molecule has 112 valence electrons. The zero-order valence-electron chi connectivity index (χ0n) is 10.7. The van der Waals surface area contributed by atoms with Gasteiger partial charge in [-0.15, -0.1) is 0 Å². The number of sulfone groups is 1. The fourth-order valence-electron chi connectivity index (χ4n) is 2.70. The second-order valence-corrected chi connectivity index (χ2v) is 10.9. The molecule has 1 heterocycles. The molecular formula is C11H20BrNO4S2. The summed E-state index contributed by atoms with van der Waals surface area (Å²) in [4.78, 5) is 0.184. The molecule has 0 aromatic carbocycles. The summed E-state index contributed by atoms with van der Waals surface area (Å²) < 4.78 is 50.0. The fourth-order valence-corrected chi connectivity index (χ4v) is 7.14. The zero-order chi connectivity index (χ0) is 14.1. The van der Waals surface area contributed by atoms with E-state index in [1.54, 1.807) is 0 Å². The van der Waals surface area contributed by atoms with Crippen LogP contribution in [-0.2, 0) is 19.9 Å². The van der Waals surface area contributed by atoms with E-state index in [0.29, 0.717) is 0 Å². The Bertz CT molecular complexity index is 503. The fraction of sp³-hybridized carbons (Fsp3) is 1.00. The molecule has 0 aromatic rings. The Hall–Kier alpha value is 0.340. The van der Waals surface area contributed by atoms with Crippen LogP contribution in [0, 0.1) is 0 Å². The topological polar surface area (TPSA) is 80.3 Å². The molecule has 19 heavy (non-hydrogen) atoms. The second-order valence-electron chi connectivity index (χ2n) is 5.42. The Morgan fingerprint density at radius 3 is 2.16 bits per heavy atom. The first-order valence-electron chi connectivity index (χ1n) is 6.66. The van der Waals surface area contributed by atoms with E-state index in [0.717, 1.165) is 25.7 Å². The maximum Gasteiger partial charge on any atom is 0.214 e. The molecule has 2 fully saturated rings. The molecule has 0 amide bonds. The summed E-state index contributed by atoms with van der Waals surface area (Å²) in [6.45, 7) is 0. The van der Waals surface area contributed by atoms with E-state index in [2.05, 4.69) is 20.7 Å². The summed E-state index contributed by atoms with van der Waals surface area (Å²) >= 11 is 3.53. The predicted molar refractivity (Wildman–Crippen MR) is 78.7 cm³/mol. The molecule has 0 bridgehead atoms. The molecule has 1 saturated heterocycles. The van der Waals surface area contributed by atoms with Crippen LogP contribution in [0.25, 0.3) is 0 Å². The summed E-state index contributed by atoms with van der Waals surface area (Å²) in [6, 6.07) is -0.0581. The third-order valence-corrected chi connectivity index (χ3v) is 8.73. The van der Waals surface area contributed by atoms with Crippen LogP contribution >= 0.6 is 15.9 Å². The maximum atomic E-state index is 12.3. The molecule has 0 aromatic heterocycles. The third kappa shape index (κ3) is 4.15. The molecule has 1 aliphatic carbocycles. The Morgan fingerprint density at radius 2 is 1.58 bits per heavy atom. The van der Waals surface area contributed by atoms with Crippen molar-refractivity contribution in [3.05, 3.63) is 0 Å². The highest BCUT2D eigenvalue weighted by Crippen LogP contribution is 2.26. The Labute approximate surface area is 123 Å². The van der Waals surface area contributed by atoms with Gasteiger partial charge in [-0.2, -0.15) is 0 Å². The first kappa shape index (κ1) is 15.7. The van der Waals surface area contributed by atoms with Crippen LogP contribution in [0.5, 0.6) is 0 Å². The Balaban J connectivity index is 1.98. The van der Waals surface area contributed by atoms with Crippen molar-refractivity contribution in [3.63, 3.8) is 0 Å². The zero-order valence-corrected chi connectivity index (χ0v) is 13.9. The summed E-state index contributed by atoms with van der Waals surface area (Å²) in [5, 5.41) is -0.558. The normalized spacial score (nSPS) is 33.1. The standard InChI is InChI=1S/C11H20BrNO4S2/c12-10-3-1-2-4-11(10)13-19(16,17)9-5-7-18(14,15)8-6-9/h9-11,13H,1-8H2. The van der Waals surface area contributed by atoms with E-state index in [4.69, 9.17) is 0 Å². The first-order valence-corrected chi connectivity index (χ1v) is 10.9. The smallest absolute Gasteiger partial charge is 0.214 e. The van der Waals surface area contributed by atoms with E-state index < -0.39 is 25.1 Å². The van der Waals surface area contributed by atoms with Gasteiger partial charge >= 0.3 is 0 Å². The number of hydrogen-bond donors (Lipinski definition) is 1. The lowest BCUT2D eigenvalue weighted by Crippen LogP contribution is -2.48. The molecule has 5 nitrogen and oxygen atoms in total. The number of alkyl halides is 1. The molecule has 1 N–H and O–H groups in total. The molecule has 2 unspecified atom stereocenters. The van der Waals surface area contributed by atoms with Crippen LogP contribution in [0.4, 0.5) is 0 Å². The van der Waals surface area contributed by atoms with Crippen molar-refractivity contribution in [2.45, 2.75) is 54.6 Å². The van der Waals surface area contributed by atoms with Gasteiger partial charge in [0.2, 0.25) is 10.0 Å². The van der Waals surface area contributed by atoms with Gasteiger partial charge in [-0.25, -0.2) is 21.6 Å². The van der Waals surface area contributed by atoms with Crippen molar-refractivity contribution in [2.75, 3.05) is 11.5 Å². The summed E-state index contributed by atoms with van der Waals surface area (Å²) in [6.07, 6.45) is 4.42. The minimum absolute atomic E-state index is 0.0129. The van der Waals surface area contributed by atoms with Crippen LogP contribution in [0.2, 0.25) is 0 Å². The van der Waals surface area contributed by atoms with Gasteiger partial charge in [-0.3, -0.25) is 0 Å². The number of halogens is 1. The average molecular weight is 374 g/mol. The monoisotopic (exact) mass is 373 g/mol. The van der Waals surface area contributed by atoms with Crippen LogP contribution < -0.4 is 4.72 Å². The van der Waals surface area contributed by atoms with E-state index in [-0.39, 0.29) is 35.2 Å². The van der Waals surface area contributed by atoms with Crippen molar-refractivity contribution in [1.82, 2.24) is 4.72 Å². The predicted octanol–water partition coefficient (Wildman–Crippen LogP) is 1.19. The minimum atomic E-state index is -3.41. The quantitative estimate of drug-likeness (QED) is 0.753. The largest absolute Gasteiger partial charge is 0.229 e. The van der Waals surface area contributed by atoms with Crippen LogP contribution in [0.3, 0.4) is 0 Å². The minimum Gasteiger partial charge on any atom is -0.229 e. The summed E-state index contributed by atoms with van der Waals surface area (Å²) in [5.41, 5.74) is 0. The SMILES string of the molecule is O=S1(=O)CCC(S(=O)(=O)NC2CCCCC2Br)CC1. The van der Waals surface area contributed by atoms with Crippen molar-refractivity contribution < 1.29 is 16.8 Å². The van der Waals surface area contributed by atoms with E-state index in [1.807, 2.05) is 0 Å². The van der Waals surface area contributed by atoms with Crippen LogP contribution in [0.15, 0.2) is 0 Å². The Morgan fingerprint density at radius 1 is 1.00 bits per heavy atom. The summed E-state index contributed by atoms with van der Waals surface area (Å²) in [7, 11) is -6.43. The number of rotatable bonds is 3. The van der Waals surface area contributed by atoms with Gasteiger partial charge in [-0.1, -0.05) is 28.8 Å². The highest BCUT2D eigenvalue weighted by Gasteiger charge is 2.35. The Kier molecular flexibility index (Phi) is 4.96. The van der Waals surface area contributed by atoms with Crippen LogP contribution in [-0.4, -0.2) is 44.5 Å². The van der Waals surface area contributed by atoms with Crippen LogP contribution in [0.1, 0.15) is 38.5 Å². The van der Waals surface area contributed by atoms with E-state index in [1.165, 1.54) is 0 Å². The molecule has 0 radical (unpaired) electrons. The van der Waals surface area contributed by atoms with Gasteiger partial charge in [0.05, 0.1) is 16.8 Å². The molecule has 2 atom stereocenters. The van der Waals surface area contributed by atoms with Gasteiger partial charge in [0.1, 0.15) is 9.84 Å². The molecule has 2 aliphatic rings. The molecule has 2 rings (SSSR count). The van der Waals surface area contributed by atoms with Gasteiger partial charge in [0, 0.05) is 10.9 Å². The van der Waals surface area contributed by atoms with Gasteiger partial charge in [0.15, 0.2) is 0 Å². The van der Waals surface area contributed by atoms with Gasteiger partial charge in [0.25, 0.3) is 0 Å². The molecular weight excluding hydrogens is 354 g/mol. The van der Waals surface area contributed by atoms with Gasteiger partial charge < -0.3 is 0 Å². The number of nitrogens with one attached hydrogen (secondary N) is 1. The molecule has 8 heteroatoms. The molecule has 1 aliphatic heterocycles. The molecule has 0 spiro atoms. The van der Waals surface area contributed by atoms with Crippen molar-refractivity contribution >= 4 is 35.8 Å². The lowest BCUT2D eigenvalue weighted by atomic mass is 9.96.